The zero-order chi connectivity index (χ0) is 31.3. The highest BCUT2D eigenvalue weighted by Crippen LogP contribution is 2.44. The minimum Gasteiger partial charge on any atom is -0.448 e. The number of hydrogen-bond donors (Lipinski definition) is 2. The Labute approximate surface area is 262 Å². The molecule has 1 unspecified atom stereocenters. The van der Waals surface area contributed by atoms with Gasteiger partial charge in [-0.15, -0.1) is 0 Å². The summed E-state index contributed by atoms with van der Waals surface area (Å²) in [6.45, 7) is 12.2. The zero-order valence-corrected chi connectivity index (χ0v) is 26.7. The van der Waals surface area contributed by atoms with Crippen LogP contribution in [0.15, 0.2) is 78.9 Å². The fraction of sp³-hybridized carbons (Fsp3) is 0.459. The summed E-state index contributed by atoms with van der Waals surface area (Å²) in [6.07, 6.45) is 1.09. The molecule has 0 bridgehead atoms. The maximum Gasteiger partial charge on any atom is 0.410 e. The molecule has 44 heavy (non-hydrogen) atoms. The van der Waals surface area contributed by atoms with E-state index in [0.717, 1.165) is 31.5 Å². The number of carbonyl (C=O) groups is 2. The molecule has 0 radical (unpaired) electrons. The van der Waals surface area contributed by atoms with Crippen molar-refractivity contribution in [2.24, 2.45) is 11.8 Å². The number of carbonyl (C=O) groups excluding carboxylic acids is 2. The molecule has 1 fully saturated rings. The number of piperidine rings is 1. The molecular weight excluding hydrogens is 550 g/mol. The van der Waals surface area contributed by atoms with Crippen molar-refractivity contribution in [3.8, 4) is 11.1 Å². The summed E-state index contributed by atoms with van der Waals surface area (Å²) in [6, 6.07) is 26.0. The molecule has 3 aromatic rings. The molecule has 1 aliphatic heterocycles. The first-order valence-corrected chi connectivity index (χ1v) is 16.0. The molecule has 7 heteroatoms. The molecule has 2 aliphatic rings. The normalized spacial score (nSPS) is 16.5. The molecule has 234 valence electrons. The molecular formula is C37H47N3O4. The second-order valence-corrected chi connectivity index (χ2v) is 13.4. The fourth-order valence-corrected chi connectivity index (χ4v) is 6.91. The summed E-state index contributed by atoms with van der Waals surface area (Å²) in [7, 11) is 0. The summed E-state index contributed by atoms with van der Waals surface area (Å²) < 4.78 is 11.9. The van der Waals surface area contributed by atoms with E-state index in [1.54, 1.807) is 0 Å². The Kier molecular flexibility index (Phi) is 9.94. The minimum absolute atomic E-state index is 0.0330. The van der Waals surface area contributed by atoms with Crippen LogP contribution in [0.4, 0.5) is 9.59 Å². The number of rotatable bonds is 9. The van der Waals surface area contributed by atoms with Crippen molar-refractivity contribution in [1.82, 2.24) is 15.5 Å². The number of hydrogen-bond acceptors (Lipinski definition) is 5. The molecule has 0 saturated carbocycles. The quantitative estimate of drug-likeness (QED) is 0.267. The van der Waals surface area contributed by atoms with Crippen LogP contribution in [0.25, 0.3) is 11.1 Å². The second kappa shape index (κ2) is 13.9. The molecule has 2 amide bonds. The molecule has 1 heterocycles. The lowest BCUT2D eigenvalue weighted by Crippen LogP contribution is -2.53. The van der Waals surface area contributed by atoms with Gasteiger partial charge in [0.05, 0.1) is 6.04 Å². The Balaban J connectivity index is 1.44. The lowest BCUT2D eigenvalue weighted by Gasteiger charge is -2.42. The SMILES string of the molecule is CC(C)C(C1CCNCC1)N(C[C@H](NC(=O)OC(C)(C)C)c1ccccc1)C(=O)OCC1c2ccccc2-c2ccccc21. The van der Waals surface area contributed by atoms with Crippen molar-refractivity contribution in [3.63, 3.8) is 0 Å². The maximum absolute atomic E-state index is 14.3. The van der Waals surface area contributed by atoms with Gasteiger partial charge in [-0.25, -0.2) is 9.59 Å². The Morgan fingerprint density at radius 3 is 2.02 bits per heavy atom. The van der Waals surface area contributed by atoms with Gasteiger partial charge in [-0.1, -0.05) is 92.7 Å². The van der Waals surface area contributed by atoms with E-state index in [9.17, 15) is 9.59 Å². The van der Waals surface area contributed by atoms with E-state index in [4.69, 9.17) is 9.47 Å². The van der Waals surface area contributed by atoms with E-state index < -0.39 is 17.7 Å². The van der Waals surface area contributed by atoms with E-state index in [-0.39, 0.29) is 37.1 Å². The molecule has 2 N–H and O–H groups in total. The van der Waals surface area contributed by atoms with Crippen LogP contribution < -0.4 is 10.6 Å². The number of nitrogens with one attached hydrogen (secondary N) is 2. The van der Waals surface area contributed by atoms with Gasteiger partial charge in [-0.05, 0) is 86.4 Å². The highest BCUT2D eigenvalue weighted by Gasteiger charge is 2.38. The van der Waals surface area contributed by atoms with Crippen molar-refractivity contribution >= 4 is 12.2 Å². The van der Waals surface area contributed by atoms with E-state index in [2.05, 4.69) is 60.9 Å². The van der Waals surface area contributed by atoms with Crippen molar-refractivity contribution in [2.45, 2.75) is 71.1 Å². The molecule has 0 spiro atoms. The van der Waals surface area contributed by atoms with Crippen molar-refractivity contribution in [1.29, 1.82) is 0 Å². The van der Waals surface area contributed by atoms with Crippen LogP contribution in [0.5, 0.6) is 0 Å². The van der Waals surface area contributed by atoms with Crippen LogP contribution in [0.3, 0.4) is 0 Å². The first-order chi connectivity index (χ1) is 21.1. The molecule has 0 aromatic heterocycles. The van der Waals surface area contributed by atoms with E-state index in [1.165, 1.54) is 22.3 Å². The Morgan fingerprint density at radius 1 is 0.886 bits per heavy atom. The summed E-state index contributed by atoms with van der Waals surface area (Å²) in [4.78, 5) is 29.3. The van der Waals surface area contributed by atoms with Crippen LogP contribution in [0.2, 0.25) is 0 Å². The molecule has 2 atom stereocenters. The first kappa shape index (κ1) is 31.6. The number of fused-ring (bicyclic) bond motifs is 3. The van der Waals surface area contributed by atoms with Crippen LogP contribution in [-0.2, 0) is 9.47 Å². The number of ether oxygens (including phenoxy) is 2. The Bertz CT molecular complexity index is 1370. The predicted molar refractivity (Wildman–Crippen MR) is 175 cm³/mol. The zero-order valence-electron chi connectivity index (χ0n) is 26.7. The van der Waals surface area contributed by atoms with Gasteiger partial charge in [-0.3, -0.25) is 0 Å². The lowest BCUT2D eigenvalue weighted by atomic mass is 9.82. The highest BCUT2D eigenvalue weighted by atomic mass is 16.6. The van der Waals surface area contributed by atoms with Gasteiger partial charge < -0.3 is 25.0 Å². The summed E-state index contributed by atoms with van der Waals surface area (Å²) in [5.41, 5.74) is 5.01. The number of nitrogens with zero attached hydrogens (tertiary/aromatic N) is 1. The molecule has 1 aliphatic carbocycles. The minimum atomic E-state index is -0.645. The van der Waals surface area contributed by atoms with Gasteiger partial charge in [0.1, 0.15) is 12.2 Å². The van der Waals surface area contributed by atoms with Gasteiger partial charge in [0.15, 0.2) is 0 Å². The van der Waals surface area contributed by atoms with Gasteiger partial charge >= 0.3 is 12.2 Å². The molecule has 5 rings (SSSR count). The van der Waals surface area contributed by atoms with Crippen molar-refractivity contribution in [2.75, 3.05) is 26.2 Å². The van der Waals surface area contributed by atoms with E-state index in [1.807, 2.05) is 68.1 Å². The third-order valence-electron chi connectivity index (χ3n) is 8.75. The summed E-state index contributed by atoms with van der Waals surface area (Å²) >= 11 is 0. The summed E-state index contributed by atoms with van der Waals surface area (Å²) in [5, 5.41) is 6.54. The lowest BCUT2D eigenvalue weighted by molar-refractivity contribution is 0.0350. The van der Waals surface area contributed by atoms with Gasteiger partial charge in [-0.2, -0.15) is 0 Å². The van der Waals surface area contributed by atoms with E-state index in [0.29, 0.717) is 5.92 Å². The Hall–Kier alpha value is -3.84. The summed E-state index contributed by atoms with van der Waals surface area (Å²) in [5.74, 6) is 0.473. The molecule has 7 nitrogen and oxygen atoms in total. The predicted octanol–water partition coefficient (Wildman–Crippen LogP) is 7.53. The van der Waals surface area contributed by atoms with Gasteiger partial charge in [0.25, 0.3) is 0 Å². The first-order valence-electron chi connectivity index (χ1n) is 16.0. The highest BCUT2D eigenvalue weighted by molar-refractivity contribution is 5.79. The smallest absolute Gasteiger partial charge is 0.410 e. The third-order valence-corrected chi connectivity index (χ3v) is 8.75. The molecule has 1 saturated heterocycles. The van der Waals surface area contributed by atoms with Crippen molar-refractivity contribution < 1.29 is 19.1 Å². The number of benzene rings is 3. The van der Waals surface area contributed by atoms with E-state index >= 15 is 0 Å². The molecule has 3 aromatic carbocycles. The Morgan fingerprint density at radius 2 is 1.45 bits per heavy atom. The van der Waals surface area contributed by atoms with Gasteiger partial charge in [0.2, 0.25) is 0 Å². The number of amides is 2. The van der Waals surface area contributed by atoms with Crippen LogP contribution >= 0.6 is 0 Å². The monoisotopic (exact) mass is 597 g/mol. The topological polar surface area (TPSA) is 79.9 Å². The average Bonchev–Trinajstić information content (AvgIpc) is 3.32. The average molecular weight is 598 g/mol. The standard InChI is InChI=1S/C37H47N3O4/c1-25(2)34(27-19-21-38-22-20-27)40(23-33(26-13-7-6-8-14-26)39-35(41)44-37(3,4)5)36(42)43-24-32-30-17-11-9-15-28(30)29-16-10-12-18-31(29)32/h6-18,25,27,32-34,38H,19-24H2,1-5H3,(H,39,41)/t33-,34?/m0/s1. The maximum atomic E-state index is 14.3. The largest absolute Gasteiger partial charge is 0.448 e. The van der Waals surface area contributed by atoms with Crippen molar-refractivity contribution in [3.05, 3.63) is 95.6 Å². The second-order valence-electron chi connectivity index (χ2n) is 13.4. The third kappa shape index (κ3) is 7.44. The number of alkyl carbamates (subject to hydrolysis) is 1. The van der Waals surface area contributed by atoms with Crippen LogP contribution in [0, 0.1) is 11.8 Å². The van der Waals surface area contributed by atoms with Crippen LogP contribution in [0.1, 0.15) is 76.1 Å². The fourth-order valence-electron chi connectivity index (χ4n) is 6.91. The van der Waals surface area contributed by atoms with Gasteiger partial charge in [0, 0.05) is 18.5 Å². The van der Waals surface area contributed by atoms with Crippen LogP contribution in [-0.4, -0.2) is 55.0 Å².